The number of hydrogen-bond donors (Lipinski definition) is 0. The van der Waals surface area contributed by atoms with Crippen molar-refractivity contribution >= 4 is 17.9 Å². The second-order valence-electron chi connectivity index (χ2n) is 14.6. The molecule has 0 aromatic heterocycles. The van der Waals surface area contributed by atoms with Crippen LogP contribution in [0.4, 0.5) is 30.7 Å². The van der Waals surface area contributed by atoms with Crippen LogP contribution in [0.5, 0.6) is 11.5 Å². The Kier molecular flexibility index (Phi) is 20.2. The summed E-state index contributed by atoms with van der Waals surface area (Å²) in [5.41, 5.74) is -2.81. The van der Waals surface area contributed by atoms with E-state index < -0.39 is 48.8 Å². The van der Waals surface area contributed by atoms with E-state index in [2.05, 4.69) is 11.7 Å². The molecule has 0 saturated carbocycles. The van der Waals surface area contributed by atoms with E-state index in [-0.39, 0.29) is 12.7 Å². The number of benzene rings is 3. The summed E-state index contributed by atoms with van der Waals surface area (Å²) in [6.45, 7) is 4.46. The topological polar surface area (TPSA) is 88.1 Å². The van der Waals surface area contributed by atoms with E-state index in [9.17, 15) is 45.1 Å². The molecule has 0 aliphatic carbocycles. The number of halogens is 7. The molecule has 0 unspecified atom stereocenters. The second-order valence-corrected chi connectivity index (χ2v) is 14.6. The standard InChI is InChI=1S/C45H55F7O7/c1-3-4-5-13-16-33(2)58-41(54)37-23-27-39(28-24-37)59-42(55)36-19-17-34(18-20-36)35-21-25-38(26-22-35)56-31-14-11-9-7-6-8-10-12-15-32-57-40(53)29-30-43(46,44(47,48)49)45(50,51)52/h17-28,33H,3-16,29-32H2,1-2H3/t33-/m1/s1. The number of hydrogen-bond acceptors (Lipinski definition) is 7. The number of rotatable bonds is 26. The van der Waals surface area contributed by atoms with Gasteiger partial charge in [0.05, 0.1) is 30.4 Å². The molecule has 0 aliphatic heterocycles. The van der Waals surface area contributed by atoms with Crippen LogP contribution in [-0.2, 0) is 14.3 Å². The molecule has 7 nitrogen and oxygen atoms in total. The lowest BCUT2D eigenvalue weighted by Crippen LogP contribution is -2.53. The van der Waals surface area contributed by atoms with Crippen molar-refractivity contribution in [3.63, 3.8) is 0 Å². The van der Waals surface area contributed by atoms with Crippen LogP contribution in [-0.4, -0.2) is 55.2 Å². The van der Waals surface area contributed by atoms with Gasteiger partial charge in [-0.25, -0.2) is 14.0 Å². The van der Waals surface area contributed by atoms with Gasteiger partial charge in [0.15, 0.2) is 0 Å². The lowest BCUT2D eigenvalue weighted by atomic mass is 9.98. The SMILES string of the molecule is CCCCCC[C@@H](C)OC(=O)c1ccc(OC(=O)c2ccc(-c3ccc(OCCCCCCCCCCCOC(=O)CCC(F)(C(F)(F)F)C(F)(F)F)cc3)cc2)cc1. The molecule has 0 saturated heterocycles. The molecule has 0 bridgehead atoms. The molecule has 0 fully saturated rings. The van der Waals surface area contributed by atoms with Gasteiger partial charge in [-0.3, -0.25) is 4.79 Å². The molecule has 3 aromatic carbocycles. The minimum absolute atomic E-state index is 0.149. The highest BCUT2D eigenvalue weighted by Crippen LogP contribution is 2.49. The first-order valence-corrected chi connectivity index (χ1v) is 20.4. The molecule has 0 aliphatic rings. The lowest BCUT2D eigenvalue weighted by Gasteiger charge is -2.29. The van der Waals surface area contributed by atoms with Crippen molar-refractivity contribution in [2.45, 2.75) is 141 Å². The van der Waals surface area contributed by atoms with E-state index in [0.717, 1.165) is 87.5 Å². The summed E-state index contributed by atoms with van der Waals surface area (Å²) in [4.78, 5) is 36.8. The zero-order chi connectivity index (χ0) is 43.3. The minimum Gasteiger partial charge on any atom is -0.494 e. The molecular weight excluding hydrogens is 785 g/mol. The molecule has 59 heavy (non-hydrogen) atoms. The summed E-state index contributed by atoms with van der Waals surface area (Å²) < 4.78 is 111. The maximum Gasteiger partial charge on any atom is 0.431 e. The van der Waals surface area contributed by atoms with E-state index in [4.69, 9.17) is 14.2 Å². The number of unbranched alkanes of at least 4 members (excludes halogenated alkanes) is 11. The van der Waals surface area contributed by atoms with Gasteiger partial charge in [0, 0.05) is 12.8 Å². The first-order chi connectivity index (χ1) is 28.0. The van der Waals surface area contributed by atoms with Crippen molar-refractivity contribution in [2.24, 2.45) is 0 Å². The smallest absolute Gasteiger partial charge is 0.431 e. The van der Waals surface area contributed by atoms with Crippen LogP contribution in [0, 0.1) is 0 Å². The number of ether oxygens (including phenoxy) is 4. The summed E-state index contributed by atoms with van der Waals surface area (Å²) in [5, 5.41) is 0. The Morgan fingerprint density at radius 2 is 1.02 bits per heavy atom. The van der Waals surface area contributed by atoms with Crippen LogP contribution in [0.15, 0.2) is 72.8 Å². The van der Waals surface area contributed by atoms with Crippen LogP contribution >= 0.6 is 0 Å². The van der Waals surface area contributed by atoms with Crippen molar-refractivity contribution < 1.29 is 64.1 Å². The highest BCUT2D eigenvalue weighted by atomic mass is 19.4. The summed E-state index contributed by atoms with van der Waals surface area (Å²) >= 11 is 0. The van der Waals surface area contributed by atoms with Crippen LogP contribution < -0.4 is 9.47 Å². The zero-order valence-corrected chi connectivity index (χ0v) is 33.7. The monoisotopic (exact) mass is 840 g/mol. The van der Waals surface area contributed by atoms with Crippen LogP contribution in [0.2, 0.25) is 0 Å². The molecule has 0 amide bonds. The third kappa shape index (κ3) is 16.9. The number of carbonyl (C=O) groups is 3. The maximum absolute atomic E-state index is 13.6. The van der Waals surface area contributed by atoms with E-state index in [1.165, 1.54) is 6.42 Å². The molecule has 0 N–H and O–H groups in total. The first kappa shape index (κ1) is 48.7. The number of carbonyl (C=O) groups excluding carboxylic acids is 3. The molecule has 0 radical (unpaired) electrons. The third-order valence-electron chi connectivity index (χ3n) is 9.77. The van der Waals surface area contributed by atoms with E-state index in [1.807, 2.05) is 43.3 Å². The molecule has 0 heterocycles. The summed E-state index contributed by atoms with van der Waals surface area (Å²) in [6.07, 6.45) is -2.90. The average molecular weight is 841 g/mol. The quantitative estimate of drug-likeness (QED) is 0.0344. The van der Waals surface area contributed by atoms with Crippen molar-refractivity contribution in [1.82, 2.24) is 0 Å². The largest absolute Gasteiger partial charge is 0.494 e. The van der Waals surface area contributed by atoms with E-state index >= 15 is 0 Å². The molecule has 326 valence electrons. The summed E-state index contributed by atoms with van der Waals surface area (Å²) in [7, 11) is 0. The van der Waals surface area contributed by atoms with Crippen molar-refractivity contribution in [3.8, 4) is 22.6 Å². The Hall–Kier alpha value is -4.62. The average Bonchev–Trinajstić information content (AvgIpc) is 3.20. The molecule has 14 heteroatoms. The highest BCUT2D eigenvalue weighted by Gasteiger charge is 2.72. The van der Waals surface area contributed by atoms with Crippen molar-refractivity contribution in [1.29, 1.82) is 0 Å². The summed E-state index contributed by atoms with van der Waals surface area (Å²) in [6, 6.07) is 21.0. The van der Waals surface area contributed by atoms with Crippen LogP contribution in [0.3, 0.4) is 0 Å². The Bertz CT molecular complexity index is 1680. The van der Waals surface area contributed by atoms with Gasteiger partial charge >= 0.3 is 30.3 Å². The fourth-order valence-electron chi connectivity index (χ4n) is 6.14. The van der Waals surface area contributed by atoms with E-state index in [1.54, 1.807) is 36.4 Å². The Morgan fingerprint density at radius 1 is 0.559 bits per heavy atom. The Balaban J connectivity index is 1.24. The van der Waals surface area contributed by atoms with Crippen LogP contribution in [0.25, 0.3) is 11.1 Å². The number of alkyl halides is 7. The summed E-state index contributed by atoms with van der Waals surface area (Å²) in [5.74, 6) is -1.16. The minimum atomic E-state index is -6.18. The van der Waals surface area contributed by atoms with Crippen molar-refractivity contribution in [2.75, 3.05) is 13.2 Å². The van der Waals surface area contributed by atoms with E-state index in [0.29, 0.717) is 36.3 Å². The first-order valence-electron chi connectivity index (χ1n) is 20.4. The highest BCUT2D eigenvalue weighted by molar-refractivity contribution is 5.92. The van der Waals surface area contributed by atoms with Gasteiger partial charge in [-0.05, 0) is 92.3 Å². The Morgan fingerprint density at radius 3 is 1.56 bits per heavy atom. The predicted octanol–water partition coefficient (Wildman–Crippen LogP) is 13.1. The van der Waals surface area contributed by atoms with Gasteiger partial charge in [0.1, 0.15) is 11.5 Å². The second kappa shape index (κ2) is 24.5. The fraction of sp³-hybridized carbons (Fsp3) is 0.533. The molecular formula is C45H55F7O7. The third-order valence-corrected chi connectivity index (χ3v) is 9.77. The van der Waals surface area contributed by atoms with Gasteiger partial charge < -0.3 is 18.9 Å². The van der Waals surface area contributed by atoms with Gasteiger partial charge in [0.2, 0.25) is 0 Å². The van der Waals surface area contributed by atoms with Gasteiger partial charge in [-0.2, -0.15) is 26.3 Å². The normalized spacial score (nSPS) is 12.5. The van der Waals surface area contributed by atoms with Crippen LogP contribution in [0.1, 0.15) is 137 Å². The fourth-order valence-corrected chi connectivity index (χ4v) is 6.14. The Labute approximate surface area is 341 Å². The molecule has 0 spiro atoms. The molecule has 3 aromatic rings. The van der Waals surface area contributed by atoms with Crippen molar-refractivity contribution in [3.05, 3.63) is 83.9 Å². The van der Waals surface area contributed by atoms with Gasteiger partial charge in [-0.15, -0.1) is 0 Å². The predicted molar refractivity (Wildman–Crippen MR) is 210 cm³/mol. The lowest BCUT2D eigenvalue weighted by molar-refractivity contribution is -0.343. The van der Waals surface area contributed by atoms with Gasteiger partial charge in [-0.1, -0.05) is 95.4 Å². The molecule has 1 atom stereocenters. The maximum atomic E-state index is 13.6. The van der Waals surface area contributed by atoms with Gasteiger partial charge in [0.25, 0.3) is 5.67 Å². The molecule has 3 rings (SSSR count). The zero-order valence-electron chi connectivity index (χ0n) is 33.7. The number of esters is 3.